The van der Waals surface area contributed by atoms with E-state index in [1.807, 2.05) is 20.1 Å². The van der Waals surface area contributed by atoms with Crippen LogP contribution in [0.5, 0.6) is 0 Å². The molecule has 3 atom stereocenters. The monoisotopic (exact) mass is 249 g/mol. The number of hydrogen-bond acceptors (Lipinski definition) is 4. The van der Waals surface area contributed by atoms with Gasteiger partial charge in [0.1, 0.15) is 6.04 Å². The van der Waals surface area contributed by atoms with Crippen molar-refractivity contribution in [2.24, 2.45) is 0 Å². The molecule has 0 saturated carbocycles. The smallest absolute Gasteiger partial charge is 0.320 e. The van der Waals surface area contributed by atoms with Crippen LogP contribution in [0.2, 0.25) is 0 Å². The Kier molecular flexibility index (Phi) is 8.70. The molecule has 0 bridgehead atoms. The molecule has 0 radical (unpaired) electrons. The predicted molar refractivity (Wildman–Crippen MR) is 67.9 cm³/mol. The fraction of sp³-hybridized carbons (Fsp3) is 0.909. The van der Waals surface area contributed by atoms with E-state index in [-0.39, 0.29) is 17.9 Å². The summed E-state index contributed by atoms with van der Waals surface area (Å²) in [4.78, 5) is 11.0. The van der Waals surface area contributed by atoms with Gasteiger partial charge in [-0.2, -0.15) is 11.8 Å². The Hall–Kier alpha value is -0.260. The molecule has 0 fully saturated rings. The second-order valence-electron chi connectivity index (χ2n) is 3.95. The third kappa shape index (κ3) is 5.72. The van der Waals surface area contributed by atoms with Gasteiger partial charge in [-0.15, -0.1) is 0 Å². The highest BCUT2D eigenvalue weighted by atomic mass is 32.2. The summed E-state index contributed by atoms with van der Waals surface area (Å²) in [7, 11) is 0. The SMILES string of the molecule is CCCCC(NC(C)C(CO)SC)C(=O)O. The van der Waals surface area contributed by atoms with Crippen LogP contribution in [0.3, 0.4) is 0 Å². The van der Waals surface area contributed by atoms with Crippen molar-refractivity contribution in [3.05, 3.63) is 0 Å². The molecule has 96 valence electrons. The highest BCUT2D eigenvalue weighted by Gasteiger charge is 2.23. The molecule has 3 N–H and O–H groups in total. The van der Waals surface area contributed by atoms with Gasteiger partial charge in [0.2, 0.25) is 0 Å². The Morgan fingerprint density at radius 2 is 2.12 bits per heavy atom. The molecule has 5 heteroatoms. The lowest BCUT2D eigenvalue weighted by Crippen LogP contribution is -2.47. The van der Waals surface area contributed by atoms with E-state index >= 15 is 0 Å². The van der Waals surface area contributed by atoms with E-state index in [1.165, 1.54) is 0 Å². The van der Waals surface area contributed by atoms with Crippen LogP contribution >= 0.6 is 11.8 Å². The van der Waals surface area contributed by atoms with Crippen molar-refractivity contribution in [3.8, 4) is 0 Å². The summed E-state index contributed by atoms with van der Waals surface area (Å²) in [6.45, 7) is 4.02. The van der Waals surface area contributed by atoms with Crippen molar-refractivity contribution >= 4 is 17.7 Å². The summed E-state index contributed by atoms with van der Waals surface area (Å²) >= 11 is 1.55. The molecule has 0 heterocycles. The molecule has 0 aliphatic heterocycles. The number of nitrogens with one attached hydrogen (secondary N) is 1. The maximum Gasteiger partial charge on any atom is 0.320 e. The van der Waals surface area contributed by atoms with Gasteiger partial charge in [0.05, 0.1) is 6.61 Å². The Labute approximate surface area is 102 Å². The molecule has 16 heavy (non-hydrogen) atoms. The third-order valence-corrected chi connectivity index (χ3v) is 3.81. The van der Waals surface area contributed by atoms with E-state index in [4.69, 9.17) is 10.2 Å². The first-order valence-electron chi connectivity index (χ1n) is 5.69. The molecule has 0 rings (SSSR count). The van der Waals surface area contributed by atoms with Gasteiger partial charge in [-0.1, -0.05) is 19.8 Å². The number of carbonyl (C=O) groups is 1. The summed E-state index contributed by atoms with van der Waals surface area (Å²) in [5.41, 5.74) is 0. The van der Waals surface area contributed by atoms with Gasteiger partial charge in [-0.3, -0.25) is 4.79 Å². The minimum absolute atomic E-state index is 0.00189. The van der Waals surface area contributed by atoms with E-state index in [9.17, 15) is 4.79 Å². The summed E-state index contributed by atoms with van der Waals surface area (Å²) in [5, 5.41) is 21.3. The summed E-state index contributed by atoms with van der Waals surface area (Å²) < 4.78 is 0. The van der Waals surface area contributed by atoms with Crippen molar-refractivity contribution in [2.45, 2.75) is 50.4 Å². The van der Waals surface area contributed by atoms with Gasteiger partial charge in [0, 0.05) is 11.3 Å². The van der Waals surface area contributed by atoms with Gasteiger partial charge in [0.25, 0.3) is 0 Å². The van der Waals surface area contributed by atoms with E-state index in [1.54, 1.807) is 11.8 Å². The molecular weight excluding hydrogens is 226 g/mol. The molecule has 0 saturated heterocycles. The number of hydrogen-bond donors (Lipinski definition) is 3. The highest BCUT2D eigenvalue weighted by Crippen LogP contribution is 2.12. The van der Waals surface area contributed by atoms with Crippen molar-refractivity contribution < 1.29 is 15.0 Å². The Morgan fingerprint density at radius 3 is 2.50 bits per heavy atom. The van der Waals surface area contributed by atoms with Crippen LogP contribution in [0.25, 0.3) is 0 Å². The van der Waals surface area contributed by atoms with E-state index in [0.717, 1.165) is 12.8 Å². The largest absolute Gasteiger partial charge is 0.480 e. The lowest BCUT2D eigenvalue weighted by Gasteiger charge is -2.25. The first-order valence-corrected chi connectivity index (χ1v) is 6.98. The average Bonchev–Trinajstić information content (AvgIpc) is 2.25. The molecule has 0 aromatic carbocycles. The highest BCUT2D eigenvalue weighted by molar-refractivity contribution is 7.99. The second kappa shape index (κ2) is 8.84. The Morgan fingerprint density at radius 1 is 1.50 bits per heavy atom. The molecule has 4 nitrogen and oxygen atoms in total. The van der Waals surface area contributed by atoms with Crippen LogP contribution in [-0.2, 0) is 4.79 Å². The molecule has 0 aliphatic carbocycles. The number of aliphatic hydroxyl groups excluding tert-OH is 1. The number of carboxylic acid groups (broad SMARTS) is 1. The minimum atomic E-state index is -0.807. The summed E-state index contributed by atoms with van der Waals surface area (Å²) in [5.74, 6) is -0.807. The fourth-order valence-corrected chi connectivity index (χ4v) is 2.18. The first-order chi connectivity index (χ1) is 7.56. The second-order valence-corrected chi connectivity index (χ2v) is 5.02. The maximum absolute atomic E-state index is 11.0. The minimum Gasteiger partial charge on any atom is -0.480 e. The van der Waals surface area contributed by atoms with Gasteiger partial charge < -0.3 is 15.5 Å². The quantitative estimate of drug-likeness (QED) is 0.575. The van der Waals surface area contributed by atoms with Crippen molar-refractivity contribution in [1.82, 2.24) is 5.32 Å². The van der Waals surface area contributed by atoms with E-state index in [0.29, 0.717) is 6.42 Å². The normalized spacial score (nSPS) is 16.8. The fourth-order valence-electron chi connectivity index (χ4n) is 1.55. The molecule has 0 aromatic rings. The van der Waals surface area contributed by atoms with Gasteiger partial charge >= 0.3 is 5.97 Å². The standard InChI is InChI=1S/C11H23NO3S/c1-4-5-6-9(11(14)15)12-8(2)10(7-13)16-3/h8-10,12-13H,4-7H2,1-3H3,(H,14,15). The van der Waals surface area contributed by atoms with Crippen molar-refractivity contribution in [2.75, 3.05) is 12.9 Å². The number of unbranched alkanes of at least 4 members (excludes halogenated alkanes) is 1. The van der Waals surface area contributed by atoms with Crippen LogP contribution in [0.15, 0.2) is 0 Å². The predicted octanol–water partition coefficient (Wildman–Crippen LogP) is 1.33. The Balaban J connectivity index is 4.21. The van der Waals surface area contributed by atoms with Gasteiger partial charge in [-0.05, 0) is 19.6 Å². The zero-order chi connectivity index (χ0) is 12.6. The van der Waals surface area contributed by atoms with Crippen molar-refractivity contribution in [3.63, 3.8) is 0 Å². The molecule has 0 amide bonds. The lowest BCUT2D eigenvalue weighted by molar-refractivity contribution is -0.139. The maximum atomic E-state index is 11.0. The number of aliphatic hydroxyl groups is 1. The molecule has 0 aromatic heterocycles. The third-order valence-electron chi connectivity index (χ3n) is 2.65. The molecule has 0 aliphatic rings. The summed E-state index contributed by atoms with van der Waals surface area (Å²) in [6.07, 6.45) is 4.45. The topological polar surface area (TPSA) is 69.6 Å². The van der Waals surface area contributed by atoms with Crippen LogP contribution in [0.1, 0.15) is 33.1 Å². The van der Waals surface area contributed by atoms with Crippen LogP contribution in [-0.4, -0.2) is 46.4 Å². The lowest BCUT2D eigenvalue weighted by atomic mass is 10.1. The number of carboxylic acids is 1. The van der Waals surface area contributed by atoms with E-state index in [2.05, 4.69) is 5.32 Å². The van der Waals surface area contributed by atoms with Gasteiger partial charge in [-0.25, -0.2) is 0 Å². The Bertz CT molecular complexity index is 198. The zero-order valence-electron chi connectivity index (χ0n) is 10.3. The molecular formula is C11H23NO3S. The first kappa shape index (κ1) is 15.7. The van der Waals surface area contributed by atoms with Crippen LogP contribution < -0.4 is 5.32 Å². The van der Waals surface area contributed by atoms with Crippen LogP contribution in [0.4, 0.5) is 0 Å². The average molecular weight is 249 g/mol. The summed E-state index contributed by atoms with van der Waals surface area (Å²) in [6, 6.07) is -0.505. The molecule has 3 unspecified atom stereocenters. The van der Waals surface area contributed by atoms with Gasteiger partial charge in [0.15, 0.2) is 0 Å². The zero-order valence-corrected chi connectivity index (χ0v) is 11.1. The number of rotatable bonds is 9. The molecule has 0 spiro atoms. The number of aliphatic carboxylic acids is 1. The van der Waals surface area contributed by atoms with Crippen molar-refractivity contribution in [1.29, 1.82) is 0 Å². The van der Waals surface area contributed by atoms with Crippen LogP contribution in [0, 0.1) is 0 Å². The van der Waals surface area contributed by atoms with E-state index < -0.39 is 12.0 Å². The number of thioether (sulfide) groups is 1.